The van der Waals surface area contributed by atoms with Crippen LogP contribution in [0.1, 0.15) is 46.1 Å². The molecule has 1 aliphatic rings. The highest BCUT2D eigenvalue weighted by Gasteiger charge is 2.29. The molecule has 2 N–H and O–H groups in total. The lowest BCUT2D eigenvalue weighted by Gasteiger charge is -2.21. The zero-order chi connectivity index (χ0) is 24.9. The van der Waals surface area contributed by atoms with Crippen molar-refractivity contribution >= 4 is 33.2 Å². The summed E-state index contributed by atoms with van der Waals surface area (Å²) in [6.45, 7) is 8.48. The molecule has 2 aromatic carbocycles. The Bertz CT molecular complexity index is 1150. The van der Waals surface area contributed by atoms with Gasteiger partial charge in [-0.05, 0) is 61.6 Å². The fraction of sp³-hybridized carbons (Fsp3) is 0.440. The molecule has 2 aromatic rings. The molecule has 0 saturated carbocycles. The number of hydrogen-bond donors (Lipinski definition) is 2. The molecule has 0 aliphatic carbocycles. The Morgan fingerprint density at radius 2 is 1.85 bits per heavy atom. The van der Waals surface area contributed by atoms with Crippen molar-refractivity contribution in [2.45, 2.75) is 57.9 Å². The molecule has 0 radical (unpaired) electrons. The minimum Gasteiger partial charge on any atom is -0.492 e. The van der Waals surface area contributed by atoms with E-state index in [-0.39, 0.29) is 16.7 Å². The van der Waals surface area contributed by atoms with Crippen LogP contribution in [-0.2, 0) is 26.0 Å². The van der Waals surface area contributed by atoms with Gasteiger partial charge in [-0.1, -0.05) is 32.9 Å². The van der Waals surface area contributed by atoms with Gasteiger partial charge in [0.2, 0.25) is 21.8 Å². The number of benzene rings is 2. The number of rotatable bonds is 10. The zero-order valence-electron chi connectivity index (χ0n) is 20.1. The first kappa shape index (κ1) is 25.7. The van der Waals surface area contributed by atoms with Crippen molar-refractivity contribution < 1.29 is 22.7 Å². The van der Waals surface area contributed by atoms with E-state index in [4.69, 9.17) is 4.74 Å². The van der Waals surface area contributed by atoms with E-state index in [0.29, 0.717) is 43.9 Å². The van der Waals surface area contributed by atoms with Crippen LogP contribution >= 0.6 is 0 Å². The lowest BCUT2D eigenvalue weighted by atomic mass is 10.0. The third-order valence-electron chi connectivity index (χ3n) is 5.63. The number of anilines is 2. The van der Waals surface area contributed by atoms with Crippen molar-refractivity contribution in [3.63, 3.8) is 0 Å². The van der Waals surface area contributed by atoms with Gasteiger partial charge < -0.3 is 15.0 Å². The molecular weight excluding hydrogens is 454 g/mol. The summed E-state index contributed by atoms with van der Waals surface area (Å²) < 4.78 is 34.6. The number of carbonyl (C=O) groups excluding carboxylic acids is 2. The summed E-state index contributed by atoms with van der Waals surface area (Å²) in [5.74, 6) is 0.155. The van der Waals surface area contributed by atoms with Gasteiger partial charge in [-0.25, -0.2) is 8.42 Å². The third kappa shape index (κ3) is 5.95. The van der Waals surface area contributed by atoms with E-state index in [9.17, 15) is 18.0 Å². The maximum atomic E-state index is 13.2. The summed E-state index contributed by atoms with van der Waals surface area (Å²) in [7, 11) is -3.97. The highest BCUT2D eigenvalue weighted by molar-refractivity contribution is 7.89. The van der Waals surface area contributed by atoms with Crippen molar-refractivity contribution in [1.29, 1.82) is 0 Å². The lowest BCUT2D eigenvalue weighted by Crippen LogP contribution is -2.44. The summed E-state index contributed by atoms with van der Waals surface area (Å²) in [5.41, 5.74) is 2.04. The van der Waals surface area contributed by atoms with Crippen LogP contribution in [0.3, 0.4) is 0 Å². The maximum Gasteiger partial charge on any atom is 0.242 e. The molecule has 3 rings (SSSR count). The summed E-state index contributed by atoms with van der Waals surface area (Å²) in [4.78, 5) is 27.0. The average Bonchev–Trinajstić information content (AvgIpc) is 3.22. The van der Waals surface area contributed by atoms with Crippen LogP contribution in [0.2, 0.25) is 0 Å². The van der Waals surface area contributed by atoms with E-state index in [1.165, 1.54) is 6.07 Å². The Kier molecular flexibility index (Phi) is 8.33. The fourth-order valence-corrected chi connectivity index (χ4v) is 5.26. The van der Waals surface area contributed by atoms with Crippen molar-refractivity contribution in [1.82, 2.24) is 4.72 Å². The van der Waals surface area contributed by atoms with Gasteiger partial charge in [0.25, 0.3) is 0 Å². The van der Waals surface area contributed by atoms with Gasteiger partial charge in [0, 0.05) is 18.7 Å². The first-order valence-corrected chi connectivity index (χ1v) is 13.1. The largest absolute Gasteiger partial charge is 0.492 e. The minimum atomic E-state index is -3.97. The summed E-state index contributed by atoms with van der Waals surface area (Å²) in [6.07, 6.45) is 1.31. The van der Waals surface area contributed by atoms with Crippen LogP contribution in [0, 0.1) is 5.92 Å². The second-order valence-electron chi connectivity index (χ2n) is 8.66. The number of para-hydroxylation sites is 2. The Labute approximate surface area is 201 Å². The maximum absolute atomic E-state index is 13.2. The van der Waals surface area contributed by atoms with Gasteiger partial charge in [-0.3, -0.25) is 9.59 Å². The van der Waals surface area contributed by atoms with Gasteiger partial charge in [-0.2, -0.15) is 4.72 Å². The van der Waals surface area contributed by atoms with Gasteiger partial charge in [0.05, 0.1) is 17.2 Å². The highest BCUT2D eigenvalue weighted by Crippen LogP contribution is 2.31. The smallest absolute Gasteiger partial charge is 0.242 e. The van der Waals surface area contributed by atoms with Crippen molar-refractivity contribution in [2.24, 2.45) is 5.92 Å². The van der Waals surface area contributed by atoms with Crippen LogP contribution in [0.4, 0.5) is 11.4 Å². The van der Waals surface area contributed by atoms with Gasteiger partial charge in [0.1, 0.15) is 11.8 Å². The number of amides is 2. The van der Waals surface area contributed by atoms with Gasteiger partial charge in [0.15, 0.2) is 0 Å². The number of sulfonamides is 1. The number of nitrogens with zero attached hydrogens (tertiary/aromatic N) is 1. The lowest BCUT2D eigenvalue weighted by molar-refractivity contribution is -0.118. The van der Waals surface area contributed by atoms with E-state index in [1.807, 2.05) is 20.8 Å². The summed E-state index contributed by atoms with van der Waals surface area (Å²) in [6, 6.07) is 10.8. The molecule has 8 nitrogen and oxygen atoms in total. The molecule has 34 heavy (non-hydrogen) atoms. The predicted molar refractivity (Wildman–Crippen MR) is 133 cm³/mol. The molecular formula is C25H33N3O5S. The number of carbonyl (C=O) groups is 2. The zero-order valence-corrected chi connectivity index (χ0v) is 20.9. The number of nitrogens with one attached hydrogen (secondary N) is 2. The molecule has 1 aliphatic heterocycles. The molecule has 9 heteroatoms. The first-order valence-electron chi connectivity index (χ1n) is 11.6. The van der Waals surface area contributed by atoms with Crippen LogP contribution < -0.4 is 19.7 Å². The average molecular weight is 488 g/mol. The number of fused-ring (bicyclic) bond motifs is 1. The number of ether oxygens (including phenoxy) is 1. The second-order valence-corrected chi connectivity index (χ2v) is 10.4. The Morgan fingerprint density at radius 3 is 2.53 bits per heavy atom. The van der Waals surface area contributed by atoms with E-state index < -0.39 is 22.0 Å². The molecule has 2 amide bonds. The van der Waals surface area contributed by atoms with Crippen LogP contribution in [0.5, 0.6) is 5.75 Å². The van der Waals surface area contributed by atoms with Crippen LogP contribution in [0.25, 0.3) is 0 Å². The normalized spacial score (nSPS) is 14.1. The summed E-state index contributed by atoms with van der Waals surface area (Å²) in [5, 5.41) is 2.81. The molecule has 1 unspecified atom stereocenters. The van der Waals surface area contributed by atoms with Gasteiger partial charge in [-0.15, -0.1) is 0 Å². The quantitative estimate of drug-likeness (QED) is 0.532. The monoisotopic (exact) mass is 487 g/mol. The Balaban J connectivity index is 1.82. The van der Waals surface area contributed by atoms with Gasteiger partial charge >= 0.3 is 0 Å². The SMILES string of the molecule is CCOc1ccccc1NC(=O)C(CC(C)C)NS(=O)(=O)c1ccc2c(c1)CCN2C(=O)CC. The minimum absolute atomic E-state index is 0.00786. The Hall–Kier alpha value is -2.91. The van der Waals surface area contributed by atoms with E-state index in [0.717, 1.165) is 11.3 Å². The number of hydrogen-bond acceptors (Lipinski definition) is 5. The van der Waals surface area contributed by atoms with E-state index in [1.54, 1.807) is 48.2 Å². The van der Waals surface area contributed by atoms with E-state index >= 15 is 0 Å². The molecule has 0 saturated heterocycles. The molecule has 0 aromatic heterocycles. The summed E-state index contributed by atoms with van der Waals surface area (Å²) >= 11 is 0. The third-order valence-corrected chi connectivity index (χ3v) is 7.10. The molecule has 1 heterocycles. The highest BCUT2D eigenvalue weighted by atomic mass is 32.2. The molecule has 0 bridgehead atoms. The Morgan fingerprint density at radius 1 is 1.12 bits per heavy atom. The van der Waals surface area contributed by atoms with Crippen LogP contribution in [-0.4, -0.2) is 39.4 Å². The molecule has 0 spiro atoms. The van der Waals surface area contributed by atoms with Crippen molar-refractivity contribution in [3.05, 3.63) is 48.0 Å². The molecule has 0 fully saturated rings. The first-order chi connectivity index (χ1) is 16.2. The predicted octanol–water partition coefficient (Wildman–Crippen LogP) is 3.72. The van der Waals surface area contributed by atoms with Crippen molar-refractivity contribution in [3.8, 4) is 5.75 Å². The second kappa shape index (κ2) is 11.0. The fourth-order valence-electron chi connectivity index (χ4n) is 4.00. The molecule has 184 valence electrons. The van der Waals surface area contributed by atoms with Crippen molar-refractivity contribution in [2.75, 3.05) is 23.4 Å². The standard InChI is InChI=1S/C25H33N3O5S/c1-5-24(29)28-14-13-18-16-19(11-12-22(18)28)34(31,32)27-21(15-17(3)4)25(30)26-20-9-7-8-10-23(20)33-6-2/h7-12,16-17,21,27H,5-6,13-15H2,1-4H3,(H,26,30). The van der Waals surface area contributed by atoms with E-state index in [2.05, 4.69) is 10.0 Å². The molecule has 1 atom stereocenters. The topological polar surface area (TPSA) is 105 Å². The van der Waals surface area contributed by atoms with Crippen LogP contribution in [0.15, 0.2) is 47.4 Å².